The van der Waals surface area contributed by atoms with Crippen LogP contribution in [0.5, 0.6) is 5.75 Å². The number of amides is 3. The second-order valence-electron chi connectivity index (χ2n) is 6.34. The van der Waals surface area contributed by atoms with E-state index in [2.05, 4.69) is 5.32 Å². The van der Waals surface area contributed by atoms with E-state index in [-0.39, 0.29) is 6.54 Å². The van der Waals surface area contributed by atoms with Crippen LogP contribution < -0.4 is 10.1 Å². The minimum atomic E-state index is -0.467. The second kappa shape index (κ2) is 9.25. The molecule has 0 spiro atoms. The van der Waals surface area contributed by atoms with Gasteiger partial charge in [0, 0.05) is 5.69 Å². The molecule has 1 N–H and O–H groups in total. The van der Waals surface area contributed by atoms with E-state index in [1.54, 1.807) is 37.5 Å². The van der Waals surface area contributed by atoms with Crippen LogP contribution in [0.2, 0.25) is 0 Å². The number of nitrogens with one attached hydrogen (secondary N) is 1. The molecule has 148 valence electrons. The summed E-state index contributed by atoms with van der Waals surface area (Å²) in [5, 5.41) is 2.21. The zero-order valence-corrected chi connectivity index (χ0v) is 16.9. The first kappa shape index (κ1) is 20.4. The van der Waals surface area contributed by atoms with Crippen molar-refractivity contribution in [1.82, 2.24) is 4.90 Å². The molecule has 7 heteroatoms. The molecule has 1 aliphatic rings. The maximum atomic E-state index is 12.6. The fourth-order valence-corrected chi connectivity index (χ4v) is 3.60. The Morgan fingerprint density at radius 2 is 1.79 bits per heavy atom. The standard InChI is InChI=1S/C22H20N2O4S/c1-15(12-16-6-4-3-5-7-16)13-19-21(26)24(22(27)29-19)14-20(25)23-17-8-10-18(28-2)11-9-17/h3-13H,14H2,1-2H3,(H,23,25)/b15-12+,19-13+. The first-order chi connectivity index (χ1) is 14.0. The summed E-state index contributed by atoms with van der Waals surface area (Å²) in [7, 11) is 1.55. The van der Waals surface area contributed by atoms with Gasteiger partial charge in [0.1, 0.15) is 12.3 Å². The van der Waals surface area contributed by atoms with Crippen molar-refractivity contribution in [3.05, 3.63) is 76.7 Å². The molecule has 0 unspecified atom stereocenters. The first-order valence-corrected chi connectivity index (χ1v) is 9.70. The molecular weight excluding hydrogens is 388 g/mol. The molecular formula is C22H20N2O4S. The number of hydrogen-bond acceptors (Lipinski definition) is 5. The number of rotatable bonds is 6. The quantitative estimate of drug-likeness (QED) is 0.721. The van der Waals surface area contributed by atoms with Gasteiger partial charge >= 0.3 is 0 Å². The molecule has 2 aromatic carbocycles. The van der Waals surface area contributed by atoms with E-state index in [0.29, 0.717) is 16.3 Å². The molecule has 1 saturated heterocycles. The van der Waals surface area contributed by atoms with E-state index in [1.807, 2.05) is 43.3 Å². The largest absolute Gasteiger partial charge is 0.497 e. The van der Waals surface area contributed by atoms with Crippen LogP contribution in [0.1, 0.15) is 12.5 Å². The summed E-state index contributed by atoms with van der Waals surface area (Å²) in [6.07, 6.45) is 3.59. The van der Waals surface area contributed by atoms with Crippen LogP contribution in [0.4, 0.5) is 10.5 Å². The molecule has 3 amide bonds. The lowest BCUT2D eigenvalue weighted by atomic mass is 10.1. The average Bonchev–Trinajstić information content (AvgIpc) is 2.96. The van der Waals surface area contributed by atoms with Crippen LogP contribution in [-0.2, 0) is 9.59 Å². The van der Waals surface area contributed by atoms with Gasteiger partial charge in [-0.15, -0.1) is 0 Å². The maximum absolute atomic E-state index is 12.6. The van der Waals surface area contributed by atoms with Crippen LogP contribution in [-0.4, -0.2) is 35.6 Å². The Morgan fingerprint density at radius 1 is 1.10 bits per heavy atom. The van der Waals surface area contributed by atoms with Crippen molar-refractivity contribution in [3.63, 3.8) is 0 Å². The van der Waals surface area contributed by atoms with Crippen LogP contribution in [0.25, 0.3) is 6.08 Å². The predicted molar refractivity (Wildman–Crippen MR) is 114 cm³/mol. The lowest BCUT2D eigenvalue weighted by molar-refractivity contribution is -0.127. The molecule has 1 heterocycles. The Balaban J connectivity index is 1.65. The summed E-state index contributed by atoms with van der Waals surface area (Å²) in [6.45, 7) is 1.52. The van der Waals surface area contributed by atoms with E-state index >= 15 is 0 Å². The number of methoxy groups -OCH3 is 1. The molecule has 3 rings (SSSR count). The molecule has 0 radical (unpaired) electrons. The van der Waals surface area contributed by atoms with Crippen molar-refractivity contribution in [2.75, 3.05) is 19.0 Å². The summed E-state index contributed by atoms with van der Waals surface area (Å²) < 4.78 is 5.07. The minimum Gasteiger partial charge on any atom is -0.497 e. The Morgan fingerprint density at radius 3 is 2.45 bits per heavy atom. The van der Waals surface area contributed by atoms with Gasteiger partial charge in [-0.3, -0.25) is 19.3 Å². The number of carbonyl (C=O) groups excluding carboxylic acids is 3. The maximum Gasteiger partial charge on any atom is 0.294 e. The van der Waals surface area contributed by atoms with Gasteiger partial charge in [0.25, 0.3) is 11.1 Å². The second-order valence-corrected chi connectivity index (χ2v) is 7.34. The smallest absolute Gasteiger partial charge is 0.294 e. The molecule has 29 heavy (non-hydrogen) atoms. The van der Waals surface area contributed by atoms with Crippen LogP contribution >= 0.6 is 11.8 Å². The first-order valence-electron chi connectivity index (χ1n) is 8.89. The van der Waals surface area contributed by atoms with E-state index in [4.69, 9.17) is 4.74 Å². The molecule has 0 bridgehead atoms. The topological polar surface area (TPSA) is 75.7 Å². The number of benzene rings is 2. The zero-order valence-electron chi connectivity index (χ0n) is 16.0. The van der Waals surface area contributed by atoms with Crippen molar-refractivity contribution in [2.45, 2.75) is 6.92 Å². The fraction of sp³-hybridized carbons (Fsp3) is 0.136. The number of thioether (sulfide) groups is 1. The predicted octanol–water partition coefficient (Wildman–Crippen LogP) is 4.32. The van der Waals surface area contributed by atoms with Crippen molar-refractivity contribution < 1.29 is 19.1 Å². The van der Waals surface area contributed by atoms with Gasteiger partial charge in [-0.05, 0) is 60.2 Å². The summed E-state index contributed by atoms with van der Waals surface area (Å²) in [5.74, 6) is -0.251. The number of carbonyl (C=O) groups is 3. The van der Waals surface area contributed by atoms with Crippen molar-refractivity contribution in [3.8, 4) is 5.75 Å². The molecule has 0 saturated carbocycles. The molecule has 0 aromatic heterocycles. The highest BCUT2D eigenvalue weighted by molar-refractivity contribution is 8.18. The van der Waals surface area contributed by atoms with Crippen molar-refractivity contribution in [2.24, 2.45) is 0 Å². The van der Waals surface area contributed by atoms with Gasteiger partial charge in [0.05, 0.1) is 12.0 Å². The summed E-state index contributed by atoms with van der Waals surface area (Å²) in [6, 6.07) is 16.5. The lowest BCUT2D eigenvalue weighted by Crippen LogP contribution is -2.36. The monoisotopic (exact) mass is 408 g/mol. The van der Waals surface area contributed by atoms with Crippen LogP contribution in [0.3, 0.4) is 0 Å². The Bertz CT molecular complexity index is 982. The van der Waals surface area contributed by atoms with Gasteiger partial charge in [0.15, 0.2) is 0 Å². The third-order valence-electron chi connectivity index (χ3n) is 4.10. The number of nitrogens with zero attached hydrogens (tertiary/aromatic N) is 1. The summed E-state index contributed by atoms with van der Waals surface area (Å²) in [4.78, 5) is 38.3. The average molecular weight is 408 g/mol. The van der Waals surface area contributed by atoms with Crippen LogP contribution in [0.15, 0.2) is 71.2 Å². The van der Waals surface area contributed by atoms with Gasteiger partial charge < -0.3 is 10.1 Å². The summed E-state index contributed by atoms with van der Waals surface area (Å²) in [5.41, 5.74) is 2.39. The van der Waals surface area contributed by atoms with Crippen molar-refractivity contribution >= 4 is 40.6 Å². The number of ether oxygens (including phenoxy) is 1. The third kappa shape index (κ3) is 5.36. The number of anilines is 1. The van der Waals surface area contributed by atoms with E-state index < -0.39 is 17.1 Å². The highest BCUT2D eigenvalue weighted by atomic mass is 32.2. The van der Waals surface area contributed by atoms with Gasteiger partial charge in [-0.1, -0.05) is 36.4 Å². The Hall–Kier alpha value is -3.32. The van der Waals surface area contributed by atoms with Crippen LogP contribution in [0, 0.1) is 0 Å². The van der Waals surface area contributed by atoms with E-state index in [1.165, 1.54) is 0 Å². The Labute approximate surface area is 173 Å². The fourth-order valence-electron chi connectivity index (χ4n) is 2.72. The highest BCUT2D eigenvalue weighted by Crippen LogP contribution is 2.31. The molecule has 2 aromatic rings. The highest BCUT2D eigenvalue weighted by Gasteiger charge is 2.36. The lowest BCUT2D eigenvalue weighted by Gasteiger charge is -2.12. The van der Waals surface area contributed by atoms with E-state index in [9.17, 15) is 14.4 Å². The molecule has 6 nitrogen and oxygen atoms in total. The third-order valence-corrected chi connectivity index (χ3v) is 5.01. The zero-order chi connectivity index (χ0) is 20.8. The minimum absolute atomic E-state index is 0.303. The Kier molecular flexibility index (Phi) is 6.51. The molecule has 1 fully saturated rings. The number of imide groups is 1. The van der Waals surface area contributed by atoms with Gasteiger partial charge in [-0.2, -0.15) is 0 Å². The van der Waals surface area contributed by atoms with Gasteiger partial charge in [0.2, 0.25) is 5.91 Å². The van der Waals surface area contributed by atoms with Gasteiger partial charge in [-0.25, -0.2) is 0 Å². The molecule has 0 atom stereocenters. The van der Waals surface area contributed by atoms with Crippen molar-refractivity contribution in [1.29, 1.82) is 0 Å². The normalized spacial score (nSPS) is 15.7. The number of hydrogen-bond donors (Lipinski definition) is 1. The summed E-state index contributed by atoms with van der Waals surface area (Å²) >= 11 is 0.835. The molecule has 0 aliphatic carbocycles. The van der Waals surface area contributed by atoms with E-state index in [0.717, 1.165) is 27.8 Å². The number of allylic oxidation sites excluding steroid dienone is 2. The molecule has 1 aliphatic heterocycles. The SMILES string of the molecule is COc1ccc(NC(=O)CN2C(=O)S/C(=C/C(C)=C/c3ccccc3)C2=O)cc1.